The second kappa shape index (κ2) is 66.9. The molecular weight excluding hydrogens is 1230 g/mol. The molecule has 0 aromatic carbocycles. The number of carbonyl (C=O) groups excluding carboxylic acids is 4. The highest BCUT2D eigenvalue weighted by atomic mass is 31.2. The molecule has 0 saturated carbocycles. The molecule has 0 aromatic heterocycles. The van der Waals surface area contributed by atoms with E-state index in [1.165, 1.54) is 205 Å². The van der Waals surface area contributed by atoms with E-state index in [0.717, 1.165) is 102 Å². The first-order valence-electron chi connectivity index (χ1n) is 39.0. The molecule has 0 amide bonds. The number of phosphoric acid groups is 2. The van der Waals surface area contributed by atoms with Crippen LogP contribution >= 0.6 is 15.6 Å². The van der Waals surface area contributed by atoms with E-state index in [1.54, 1.807) is 0 Å². The highest BCUT2D eigenvalue weighted by Gasteiger charge is 2.30. The Balaban J connectivity index is 5.26. The second-order valence-corrected chi connectivity index (χ2v) is 30.7. The van der Waals surface area contributed by atoms with Crippen molar-refractivity contribution in [3.63, 3.8) is 0 Å². The van der Waals surface area contributed by atoms with Crippen molar-refractivity contribution in [2.24, 2.45) is 11.8 Å². The maximum atomic E-state index is 13.1. The Kier molecular flexibility index (Phi) is 65.5. The summed E-state index contributed by atoms with van der Waals surface area (Å²) in [5.74, 6) is -0.602. The number of esters is 4. The number of aliphatic hydroxyl groups excluding tert-OH is 1. The molecule has 0 rings (SSSR count). The number of hydrogen-bond acceptors (Lipinski definition) is 15. The maximum Gasteiger partial charge on any atom is 0.472 e. The highest BCUT2D eigenvalue weighted by Crippen LogP contribution is 2.45. The molecule has 0 radical (unpaired) electrons. The van der Waals surface area contributed by atoms with Gasteiger partial charge in [0.15, 0.2) is 12.2 Å². The first kappa shape index (κ1) is 92.1. The molecule has 0 bridgehead atoms. The summed E-state index contributed by atoms with van der Waals surface area (Å²) >= 11 is 0. The molecule has 0 fully saturated rings. The van der Waals surface area contributed by atoms with Crippen LogP contribution in [0, 0.1) is 11.8 Å². The molecule has 19 heteroatoms. The fraction of sp³-hybridized carbons (Fsp3) is 0.947. The normalized spacial score (nSPS) is 14.3. The Bertz CT molecular complexity index is 1820. The topological polar surface area (TPSA) is 237 Å². The van der Waals surface area contributed by atoms with E-state index in [0.29, 0.717) is 25.7 Å². The molecule has 0 saturated heterocycles. The van der Waals surface area contributed by atoms with Crippen molar-refractivity contribution < 1.29 is 80.2 Å². The van der Waals surface area contributed by atoms with E-state index in [-0.39, 0.29) is 25.7 Å². The third kappa shape index (κ3) is 67.3. The van der Waals surface area contributed by atoms with Crippen LogP contribution in [0.5, 0.6) is 0 Å². The molecule has 3 N–H and O–H groups in total. The predicted molar refractivity (Wildman–Crippen MR) is 381 cm³/mol. The lowest BCUT2D eigenvalue weighted by Gasteiger charge is -2.21. The van der Waals surface area contributed by atoms with Crippen LogP contribution in [0.3, 0.4) is 0 Å². The van der Waals surface area contributed by atoms with Crippen LogP contribution < -0.4 is 0 Å². The summed E-state index contributed by atoms with van der Waals surface area (Å²) in [6.45, 7) is 9.57. The van der Waals surface area contributed by atoms with Crippen LogP contribution in [0.1, 0.15) is 388 Å². The predicted octanol–water partition coefficient (Wildman–Crippen LogP) is 21.9. The van der Waals surface area contributed by atoms with E-state index < -0.39 is 97.5 Å². The van der Waals surface area contributed by atoms with Gasteiger partial charge in [-0.3, -0.25) is 37.3 Å². The lowest BCUT2D eigenvalue weighted by Crippen LogP contribution is -2.30. The number of unbranched alkanes of at least 4 members (excludes halogenated alkanes) is 43. The number of carbonyl (C=O) groups is 4. The minimum Gasteiger partial charge on any atom is -0.462 e. The molecule has 0 spiro atoms. The smallest absolute Gasteiger partial charge is 0.462 e. The Morgan fingerprint density at radius 2 is 0.543 bits per heavy atom. The van der Waals surface area contributed by atoms with Crippen LogP contribution in [0.15, 0.2) is 0 Å². The Morgan fingerprint density at radius 1 is 0.309 bits per heavy atom. The summed E-state index contributed by atoms with van der Waals surface area (Å²) < 4.78 is 68.5. The average molecular weight is 1380 g/mol. The van der Waals surface area contributed by atoms with Gasteiger partial charge in [-0.15, -0.1) is 0 Å². The number of phosphoric ester groups is 2. The van der Waals surface area contributed by atoms with Gasteiger partial charge in [-0.05, 0) is 37.5 Å². The summed E-state index contributed by atoms with van der Waals surface area (Å²) in [7, 11) is -9.91. The molecule has 0 aliphatic heterocycles. The quantitative estimate of drug-likeness (QED) is 0.0222. The number of hydrogen-bond donors (Lipinski definition) is 3. The lowest BCUT2D eigenvalue weighted by atomic mass is 9.99. The molecule has 0 aromatic rings. The zero-order valence-corrected chi connectivity index (χ0v) is 63.1. The van der Waals surface area contributed by atoms with Gasteiger partial charge in [0, 0.05) is 25.7 Å². The third-order valence-corrected chi connectivity index (χ3v) is 19.7. The fourth-order valence-electron chi connectivity index (χ4n) is 11.4. The third-order valence-electron chi connectivity index (χ3n) is 17.8. The fourth-order valence-corrected chi connectivity index (χ4v) is 13.0. The van der Waals surface area contributed by atoms with Gasteiger partial charge in [0.05, 0.1) is 26.4 Å². The Hall–Kier alpha value is -1.94. The van der Waals surface area contributed by atoms with Crippen molar-refractivity contribution in [3.05, 3.63) is 0 Å². The van der Waals surface area contributed by atoms with Gasteiger partial charge in [-0.2, -0.15) is 0 Å². The molecule has 3 unspecified atom stereocenters. The Morgan fingerprint density at radius 3 is 0.809 bits per heavy atom. The number of ether oxygens (including phenoxy) is 4. The highest BCUT2D eigenvalue weighted by molar-refractivity contribution is 7.47. The average Bonchev–Trinajstić information content (AvgIpc) is 1.70. The van der Waals surface area contributed by atoms with Crippen molar-refractivity contribution >= 4 is 39.5 Å². The standard InChI is InChI=1S/C75H146O17P2/c1-7-10-12-14-16-18-20-22-23-24-25-27-29-33-41-47-53-59-74(79)91-70(63-85-72(77)57-51-45-39-32-28-26-21-19-17-15-13-11-8-2)65-89-93(81,82)87-61-69(76)62-88-94(83,84)90-66-71(92-75(80)60-54-48-42-34-30-31-37-43-49-55-67(4)5)64-86-73(78)58-52-46-40-36-35-38-44-50-56-68(6)9-3/h67-71,76H,7-66H2,1-6H3,(H,81,82)(H,83,84)/t68?,69-,70-,71-/m1/s1. The molecular formula is C75H146O17P2. The van der Waals surface area contributed by atoms with Crippen LogP contribution in [-0.4, -0.2) is 96.7 Å². The Labute approximate surface area is 575 Å². The number of aliphatic hydroxyl groups is 1. The summed E-state index contributed by atoms with van der Waals surface area (Å²) in [6, 6.07) is 0. The van der Waals surface area contributed by atoms with Crippen LogP contribution in [0.4, 0.5) is 0 Å². The zero-order valence-electron chi connectivity index (χ0n) is 61.3. The van der Waals surface area contributed by atoms with Crippen LogP contribution in [-0.2, 0) is 65.4 Å². The summed E-state index contributed by atoms with van der Waals surface area (Å²) in [4.78, 5) is 72.8. The first-order valence-corrected chi connectivity index (χ1v) is 42.0. The molecule has 6 atom stereocenters. The van der Waals surface area contributed by atoms with E-state index in [9.17, 15) is 43.2 Å². The van der Waals surface area contributed by atoms with E-state index in [2.05, 4.69) is 41.5 Å². The summed E-state index contributed by atoms with van der Waals surface area (Å²) in [5, 5.41) is 10.6. The van der Waals surface area contributed by atoms with Gasteiger partial charge in [0.2, 0.25) is 0 Å². The minimum absolute atomic E-state index is 0.105. The van der Waals surface area contributed by atoms with Gasteiger partial charge >= 0.3 is 39.5 Å². The first-order chi connectivity index (χ1) is 45.4. The summed E-state index contributed by atoms with van der Waals surface area (Å²) in [6.07, 6.45) is 54.0. The van der Waals surface area contributed by atoms with Crippen molar-refractivity contribution in [2.75, 3.05) is 39.6 Å². The van der Waals surface area contributed by atoms with Crippen molar-refractivity contribution in [1.29, 1.82) is 0 Å². The molecule has 0 aliphatic rings. The van der Waals surface area contributed by atoms with Crippen molar-refractivity contribution in [1.82, 2.24) is 0 Å². The van der Waals surface area contributed by atoms with Gasteiger partial charge in [-0.1, -0.05) is 337 Å². The molecule has 0 aliphatic carbocycles. The SMILES string of the molecule is CCCCCCCCCCCCCCCCCCCC(=O)O[C@H](COC(=O)CCCCCCCCCCCCCCC)COP(=O)(O)OC[C@@H](O)COP(=O)(O)OC[C@@H](COC(=O)CCCCCCCCCCC(C)CC)OC(=O)CCCCCCCCCCCC(C)C. The van der Waals surface area contributed by atoms with E-state index in [4.69, 9.17) is 37.0 Å². The van der Waals surface area contributed by atoms with E-state index >= 15 is 0 Å². The van der Waals surface area contributed by atoms with E-state index in [1.807, 2.05) is 0 Å². The minimum atomic E-state index is -4.96. The van der Waals surface area contributed by atoms with Gasteiger partial charge in [0.1, 0.15) is 19.3 Å². The zero-order chi connectivity index (χ0) is 69.3. The number of rotatable bonds is 74. The molecule has 558 valence electrons. The molecule has 94 heavy (non-hydrogen) atoms. The van der Waals surface area contributed by atoms with Gasteiger partial charge in [-0.25, -0.2) is 9.13 Å². The lowest BCUT2D eigenvalue weighted by molar-refractivity contribution is -0.161. The monoisotopic (exact) mass is 1380 g/mol. The van der Waals surface area contributed by atoms with Crippen LogP contribution in [0.2, 0.25) is 0 Å². The van der Waals surface area contributed by atoms with Gasteiger partial charge < -0.3 is 33.8 Å². The molecule has 17 nitrogen and oxygen atoms in total. The largest absolute Gasteiger partial charge is 0.472 e. The van der Waals surface area contributed by atoms with Crippen molar-refractivity contribution in [2.45, 2.75) is 407 Å². The van der Waals surface area contributed by atoms with Crippen LogP contribution in [0.25, 0.3) is 0 Å². The second-order valence-electron chi connectivity index (χ2n) is 27.8. The van der Waals surface area contributed by atoms with Gasteiger partial charge in [0.25, 0.3) is 0 Å². The van der Waals surface area contributed by atoms with Crippen molar-refractivity contribution in [3.8, 4) is 0 Å². The molecule has 0 heterocycles. The maximum absolute atomic E-state index is 13.1. The summed E-state index contributed by atoms with van der Waals surface area (Å²) in [5.41, 5.74) is 0.